The van der Waals surface area contributed by atoms with Gasteiger partial charge in [0.25, 0.3) is 5.91 Å². The van der Waals surface area contributed by atoms with Gasteiger partial charge in [-0.25, -0.2) is 9.97 Å². The van der Waals surface area contributed by atoms with Gasteiger partial charge in [0.2, 0.25) is 5.88 Å². The van der Waals surface area contributed by atoms with Crippen LogP contribution in [0.15, 0.2) is 36.9 Å². The van der Waals surface area contributed by atoms with Gasteiger partial charge in [-0.2, -0.15) is 5.26 Å². The van der Waals surface area contributed by atoms with Crippen molar-refractivity contribution in [1.29, 1.82) is 5.26 Å². The first kappa shape index (κ1) is 17.4. The number of hydrogen-bond acceptors (Lipinski definition) is 7. The maximum Gasteiger partial charge on any atom is 0.274 e. The molecule has 0 aromatic carbocycles. The predicted molar refractivity (Wildman–Crippen MR) is 93.7 cm³/mol. The molecule has 2 saturated heterocycles. The standard InChI is InChI=1S/C19H19N5O3/c20-7-13-1-2-18(23-8-13)26-6-3-14-12-27-17-11-24(10-15(14)17)19(25)16-9-21-4-5-22-16/h1-2,4-5,8-9,14-15,17H,3,6,10-12H2/t14-,15-,17-/m1/s1. The molecule has 0 aliphatic carbocycles. The number of carbonyl (C=O) groups excluding carboxylic acids is 1. The molecule has 2 aliphatic rings. The Labute approximate surface area is 156 Å². The number of carbonyl (C=O) groups is 1. The average Bonchev–Trinajstić information content (AvgIpc) is 3.30. The highest BCUT2D eigenvalue weighted by atomic mass is 16.5. The van der Waals surface area contributed by atoms with Gasteiger partial charge in [0, 0.05) is 43.7 Å². The lowest BCUT2D eigenvalue weighted by atomic mass is 9.91. The highest BCUT2D eigenvalue weighted by Crippen LogP contribution is 2.35. The molecule has 2 aromatic rings. The largest absolute Gasteiger partial charge is 0.478 e. The second-order valence-corrected chi connectivity index (χ2v) is 6.73. The van der Waals surface area contributed by atoms with E-state index in [2.05, 4.69) is 15.0 Å². The number of hydrogen-bond donors (Lipinski definition) is 0. The van der Waals surface area contributed by atoms with Crippen LogP contribution in [0.3, 0.4) is 0 Å². The first-order valence-corrected chi connectivity index (χ1v) is 8.90. The van der Waals surface area contributed by atoms with E-state index in [-0.39, 0.29) is 12.0 Å². The minimum atomic E-state index is -0.0992. The summed E-state index contributed by atoms with van der Waals surface area (Å²) in [6.45, 7) is 2.47. The lowest BCUT2D eigenvalue weighted by Gasteiger charge is -2.19. The van der Waals surface area contributed by atoms with Crippen LogP contribution in [-0.2, 0) is 4.74 Å². The van der Waals surface area contributed by atoms with Crippen LogP contribution in [0.1, 0.15) is 22.5 Å². The third-order valence-corrected chi connectivity index (χ3v) is 5.11. The lowest BCUT2D eigenvalue weighted by Crippen LogP contribution is -2.32. The number of aromatic nitrogens is 3. The quantitative estimate of drug-likeness (QED) is 0.787. The molecular weight excluding hydrogens is 346 g/mol. The van der Waals surface area contributed by atoms with Crippen LogP contribution >= 0.6 is 0 Å². The summed E-state index contributed by atoms with van der Waals surface area (Å²) < 4.78 is 11.6. The molecule has 138 valence electrons. The summed E-state index contributed by atoms with van der Waals surface area (Å²) in [4.78, 5) is 26.5. The Morgan fingerprint density at radius 1 is 1.30 bits per heavy atom. The van der Waals surface area contributed by atoms with Gasteiger partial charge >= 0.3 is 0 Å². The summed E-state index contributed by atoms with van der Waals surface area (Å²) in [7, 11) is 0. The topological polar surface area (TPSA) is 101 Å². The molecule has 0 spiro atoms. The van der Waals surface area contributed by atoms with E-state index >= 15 is 0 Å². The monoisotopic (exact) mass is 365 g/mol. The van der Waals surface area contributed by atoms with Gasteiger partial charge in [-0.15, -0.1) is 0 Å². The molecule has 0 unspecified atom stereocenters. The fourth-order valence-electron chi connectivity index (χ4n) is 3.68. The molecule has 2 aromatic heterocycles. The summed E-state index contributed by atoms with van der Waals surface area (Å²) in [6.07, 6.45) is 6.97. The van der Waals surface area contributed by atoms with Crippen molar-refractivity contribution in [2.24, 2.45) is 11.8 Å². The SMILES string of the molecule is N#Cc1ccc(OCC[C@@H]2CO[C@@H]3CN(C(=O)c4cnccn4)C[C@H]23)nc1. The zero-order valence-electron chi connectivity index (χ0n) is 14.7. The summed E-state index contributed by atoms with van der Waals surface area (Å²) in [5.41, 5.74) is 0.873. The first-order chi connectivity index (χ1) is 13.2. The van der Waals surface area contributed by atoms with Crippen LogP contribution in [0.2, 0.25) is 0 Å². The normalized spacial score (nSPS) is 23.7. The van der Waals surface area contributed by atoms with Gasteiger partial charge in [0.15, 0.2) is 0 Å². The summed E-state index contributed by atoms with van der Waals surface area (Å²) in [5, 5.41) is 8.79. The molecule has 27 heavy (non-hydrogen) atoms. The fourth-order valence-corrected chi connectivity index (χ4v) is 3.68. The van der Waals surface area contributed by atoms with Crippen molar-refractivity contribution in [2.75, 3.05) is 26.3 Å². The second kappa shape index (κ2) is 7.68. The number of ether oxygens (including phenoxy) is 2. The molecule has 4 heterocycles. The van der Waals surface area contributed by atoms with E-state index in [1.165, 1.54) is 18.6 Å². The van der Waals surface area contributed by atoms with E-state index in [1.807, 2.05) is 6.07 Å². The van der Waals surface area contributed by atoms with E-state index in [0.29, 0.717) is 55.3 Å². The Kier molecular flexibility index (Phi) is 4.94. The zero-order chi connectivity index (χ0) is 18.6. The number of nitriles is 1. The Bertz CT molecular complexity index is 837. The van der Waals surface area contributed by atoms with Gasteiger partial charge < -0.3 is 14.4 Å². The van der Waals surface area contributed by atoms with Crippen molar-refractivity contribution in [3.8, 4) is 11.9 Å². The third kappa shape index (κ3) is 3.73. The van der Waals surface area contributed by atoms with E-state index in [0.717, 1.165) is 6.42 Å². The van der Waals surface area contributed by atoms with Crippen molar-refractivity contribution >= 4 is 5.91 Å². The number of likely N-dealkylation sites (tertiary alicyclic amines) is 1. The van der Waals surface area contributed by atoms with Gasteiger partial charge in [0.1, 0.15) is 11.8 Å². The summed E-state index contributed by atoms with van der Waals surface area (Å²) in [6, 6.07) is 5.41. The molecule has 4 rings (SSSR count). The Hall–Kier alpha value is -3.05. The number of fused-ring (bicyclic) bond motifs is 1. The van der Waals surface area contributed by atoms with Gasteiger partial charge in [0.05, 0.1) is 31.1 Å². The van der Waals surface area contributed by atoms with Crippen molar-refractivity contribution in [1.82, 2.24) is 19.9 Å². The molecule has 2 fully saturated rings. The van der Waals surface area contributed by atoms with Gasteiger partial charge in [-0.3, -0.25) is 9.78 Å². The Morgan fingerprint density at radius 2 is 2.22 bits per heavy atom. The summed E-state index contributed by atoms with van der Waals surface area (Å²) >= 11 is 0. The van der Waals surface area contributed by atoms with E-state index in [4.69, 9.17) is 14.7 Å². The van der Waals surface area contributed by atoms with E-state index in [1.54, 1.807) is 23.2 Å². The molecular formula is C19H19N5O3. The molecule has 0 saturated carbocycles. The van der Waals surface area contributed by atoms with Crippen molar-refractivity contribution in [3.05, 3.63) is 48.2 Å². The Morgan fingerprint density at radius 3 is 2.96 bits per heavy atom. The summed E-state index contributed by atoms with van der Waals surface area (Å²) in [5.74, 6) is 1.06. The maximum atomic E-state index is 12.5. The molecule has 3 atom stereocenters. The highest BCUT2D eigenvalue weighted by molar-refractivity contribution is 5.92. The third-order valence-electron chi connectivity index (χ3n) is 5.11. The van der Waals surface area contributed by atoms with Crippen molar-refractivity contribution in [3.63, 3.8) is 0 Å². The molecule has 0 bridgehead atoms. The van der Waals surface area contributed by atoms with Gasteiger partial charge in [-0.05, 0) is 18.4 Å². The second-order valence-electron chi connectivity index (χ2n) is 6.73. The minimum absolute atomic E-state index is 0.0728. The van der Waals surface area contributed by atoms with Crippen LogP contribution in [0.5, 0.6) is 5.88 Å². The average molecular weight is 365 g/mol. The van der Waals surface area contributed by atoms with Crippen LogP contribution in [-0.4, -0.2) is 58.2 Å². The van der Waals surface area contributed by atoms with Crippen molar-refractivity contribution in [2.45, 2.75) is 12.5 Å². The van der Waals surface area contributed by atoms with E-state index in [9.17, 15) is 4.79 Å². The van der Waals surface area contributed by atoms with Crippen LogP contribution in [0.4, 0.5) is 0 Å². The number of amides is 1. The maximum absolute atomic E-state index is 12.5. The molecule has 8 nitrogen and oxygen atoms in total. The lowest BCUT2D eigenvalue weighted by molar-refractivity contribution is 0.0666. The molecule has 1 amide bonds. The fraction of sp³-hybridized carbons (Fsp3) is 0.421. The smallest absolute Gasteiger partial charge is 0.274 e. The minimum Gasteiger partial charge on any atom is -0.478 e. The number of nitrogens with zero attached hydrogens (tertiary/aromatic N) is 5. The molecule has 8 heteroatoms. The molecule has 2 aliphatic heterocycles. The molecule has 0 radical (unpaired) electrons. The van der Waals surface area contributed by atoms with Crippen LogP contribution in [0.25, 0.3) is 0 Å². The Balaban J connectivity index is 1.30. The highest BCUT2D eigenvalue weighted by Gasteiger charge is 2.45. The predicted octanol–water partition coefficient (Wildman–Crippen LogP) is 1.30. The van der Waals surface area contributed by atoms with E-state index < -0.39 is 0 Å². The van der Waals surface area contributed by atoms with Crippen molar-refractivity contribution < 1.29 is 14.3 Å². The zero-order valence-corrected chi connectivity index (χ0v) is 14.7. The number of pyridine rings is 1. The first-order valence-electron chi connectivity index (χ1n) is 8.90. The van der Waals surface area contributed by atoms with Gasteiger partial charge in [-0.1, -0.05) is 0 Å². The number of rotatable bonds is 5. The van der Waals surface area contributed by atoms with Crippen LogP contribution < -0.4 is 4.74 Å². The van der Waals surface area contributed by atoms with Crippen LogP contribution in [0, 0.1) is 23.2 Å². The molecule has 0 N–H and O–H groups in total.